The second kappa shape index (κ2) is 9.54. The fourth-order valence-corrected chi connectivity index (χ4v) is 2.94. The molecule has 2 aromatic rings. The zero-order valence-electron chi connectivity index (χ0n) is 17.5. The summed E-state index contributed by atoms with van der Waals surface area (Å²) in [5, 5.41) is 6.48. The first-order valence-corrected chi connectivity index (χ1v) is 9.77. The van der Waals surface area contributed by atoms with E-state index in [1.54, 1.807) is 6.20 Å². The van der Waals surface area contributed by atoms with Gasteiger partial charge < -0.3 is 24.9 Å². The summed E-state index contributed by atoms with van der Waals surface area (Å²) < 4.78 is 5.98. The number of allylic oxidation sites excluding steroid dienone is 2. The minimum Gasteiger partial charge on any atom is -0.459 e. The number of nitrogens with zero attached hydrogens (tertiary/aromatic N) is 4. The average Bonchev–Trinajstić information content (AvgIpc) is 3.14. The molecule has 0 unspecified atom stereocenters. The lowest BCUT2D eigenvalue weighted by Crippen LogP contribution is -2.27. The second-order valence-electron chi connectivity index (χ2n) is 7.45. The number of nitrogens with one attached hydrogen (secondary N) is 2. The van der Waals surface area contributed by atoms with Crippen molar-refractivity contribution in [1.29, 1.82) is 0 Å². The number of aromatic nitrogens is 2. The van der Waals surface area contributed by atoms with Crippen LogP contribution < -0.4 is 10.6 Å². The van der Waals surface area contributed by atoms with Crippen molar-refractivity contribution in [3.63, 3.8) is 0 Å². The molecule has 3 heterocycles. The van der Waals surface area contributed by atoms with Crippen LogP contribution in [0.25, 0.3) is 11.5 Å². The van der Waals surface area contributed by atoms with Gasteiger partial charge in [0.25, 0.3) is 0 Å². The van der Waals surface area contributed by atoms with Crippen molar-refractivity contribution in [1.82, 2.24) is 25.1 Å². The van der Waals surface area contributed by atoms with Crippen LogP contribution in [0.15, 0.2) is 59.5 Å². The summed E-state index contributed by atoms with van der Waals surface area (Å²) in [5.41, 5.74) is 3.55. The number of anilines is 1. The summed E-state index contributed by atoms with van der Waals surface area (Å²) >= 11 is 0. The third kappa shape index (κ3) is 5.79. The van der Waals surface area contributed by atoms with Crippen LogP contribution in [0.2, 0.25) is 0 Å². The lowest BCUT2D eigenvalue weighted by molar-refractivity contribution is 0.331. The minimum atomic E-state index is 0.483. The molecule has 0 saturated carbocycles. The largest absolute Gasteiger partial charge is 0.459 e. The highest BCUT2D eigenvalue weighted by Gasteiger charge is 2.16. The molecule has 0 spiro atoms. The molecule has 2 aromatic heterocycles. The Bertz CT molecular complexity index is 875. The standard InChI is InChI=1S/C22H30N6O/c1-16(6-7-17(2)28(5)13-12-27(3)4)25-22-24-11-8-19(26-22)21-14-18-15-23-10-9-20(18)29-21/h6-8,11,14,23H,1-2,9-10,12-13,15H2,3-5H3,(H,24,25,26)/b7-6-. The van der Waals surface area contributed by atoms with Crippen LogP contribution in [0.3, 0.4) is 0 Å². The minimum absolute atomic E-state index is 0.483. The third-order valence-electron chi connectivity index (χ3n) is 4.77. The van der Waals surface area contributed by atoms with Gasteiger partial charge in [-0.2, -0.15) is 0 Å². The molecule has 0 radical (unpaired) electrons. The number of hydrogen-bond acceptors (Lipinski definition) is 7. The van der Waals surface area contributed by atoms with Gasteiger partial charge in [-0.3, -0.25) is 0 Å². The summed E-state index contributed by atoms with van der Waals surface area (Å²) in [6.07, 6.45) is 6.43. The molecule has 154 valence electrons. The Labute approximate surface area is 172 Å². The fraction of sp³-hybridized carbons (Fsp3) is 0.364. The second-order valence-corrected chi connectivity index (χ2v) is 7.45. The molecule has 0 atom stereocenters. The van der Waals surface area contributed by atoms with E-state index in [4.69, 9.17) is 4.42 Å². The van der Waals surface area contributed by atoms with Gasteiger partial charge in [0.15, 0.2) is 5.76 Å². The maximum atomic E-state index is 5.98. The maximum Gasteiger partial charge on any atom is 0.227 e. The first-order chi connectivity index (χ1) is 13.9. The summed E-state index contributed by atoms with van der Waals surface area (Å²) in [7, 11) is 6.14. The van der Waals surface area contributed by atoms with Crippen molar-refractivity contribution >= 4 is 5.95 Å². The molecule has 3 rings (SSSR count). The molecule has 29 heavy (non-hydrogen) atoms. The van der Waals surface area contributed by atoms with Crippen LogP contribution in [-0.2, 0) is 13.0 Å². The van der Waals surface area contributed by atoms with Crippen molar-refractivity contribution in [2.24, 2.45) is 0 Å². The normalized spacial score (nSPS) is 13.5. The zero-order valence-corrected chi connectivity index (χ0v) is 17.5. The highest BCUT2D eigenvalue weighted by Crippen LogP contribution is 2.26. The van der Waals surface area contributed by atoms with Crippen molar-refractivity contribution in [3.8, 4) is 11.5 Å². The van der Waals surface area contributed by atoms with Gasteiger partial charge in [0.2, 0.25) is 5.95 Å². The van der Waals surface area contributed by atoms with Gasteiger partial charge in [0, 0.05) is 62.8 Å². The van der Waals surface area contributed by atoms with E-state index in [0.29, 0.717) is 11.6 Å². The summed E-state index contributed by atoms with van der Waals surface area (Å²) in [4.78, 5) is 13.1. The molecule has 7 nitrogen and oxygen atoms in total. The molecular formula is C22H30N6O. The number of likely N-dealkylation sites (N-methyl/N-ethyl adjacent to an activating group) is 2. The Morgan fingerprint density at radius 2 is 2.10 bits per heavy atom. The molecule has 0 fully saturated rings. The number of rotatable bonds is 9. The molecular weight excluding hydrogens is 364 g/mol. The molecule has 0 amide bonds. The average molecular weight is 395 g/mol. The van der Waals surface area contributed by atoms with Crippen molar-refractivity contribution in [2.75, 3.05) is 46.1 Å². The molecule has 0 saturated heterocycles. The third-order valence-corrected chi connectivity index (χ3v) is 4.77. The highest BCUT2D eigenvalue weighted by molar-refractivity contribution is 5.56. The van der Waals surface area contributed by atoms with E-state index in [9.17, 15) is 0 Å². The Morgan fingerprint density at radius 3 is 2.86 bits per heavy atom. The molecule has 2 N–H and O–H groups in total. The van der Waals surface area contributed by atoms with Gasteiger partial charge in [0.05, 0.1) is 0 Å². The Balaban J connectivity index is 1.60. The van der Waals surface area contributed by atoms with Gasteiger partial charge >= 0.3 is 0 Å². The molecule has 1 aliphatic heterocycles. The Kier molecular flexibility index (Phi) is 6.85. The van der Waals surface area contributed by atoms with Crippen molar-refractivity contribution in [3.05, 3.63) is 66.4 Å². The van der Waals surface area contributed by atoms with E-state index in [1.165, 1.54) is 5.56 Å². The van der Waals surface area contributed by atoms with E-state index in [-0.39, 0.29) is 0 Å². The van der Waals surface area contributed by atoms with Gasteiger partial charge in [0.1, 0.15) is 11.5 Å². The quantitative estimate of drug-likeness (QED) is 0.634. The maximum absolute atomic E-state index is 5.98. The van der Waals surface area contributed by atoms with Crippen molar-refractivity contribution in [2.45, 2.75) is 13.0 Å². The van der Waals surface area contributed by atoms with Crippen molar-refractivity contribution < 1.29 is 4.42 Å². The van der Waals surface area contributed by atoms with Crippen LogP contribution in [0.5, 0.6) is 0 Å². The Morgan fingerprint density at radius 1 is 1.28 bits per heavy atom. The molecule has 1 aliphatic rings. The van der Waals surface area contributed by atoms with E-state index in [0.717, 1.165) is 55.5 Å². The van der Waals surface area contributed by atoms with Gasteiger partial charge in [-0.25, -0.2) is 9.97 Å². The van der Waals surface area contributed by atoms with Crippen LogP contribution in [0.4, 0.5) is 5.95 Å². The van der Waals surface area contributed by atoms with Crippen LogP contribution in [0, 0.1) is 0 Å². The highest BCUT2D eigenvalue weighted by atomic mass is 16.3. The molecule has 0 aromatic carbocycles. The summed E-state index contributed by atoms with van der Waals surface area (Å²) in [5.74, 6) is 2.29. The van der Waals surface area contributed by atoms with E-state index in [1.807, 2.05) is 25.3 Å². The Hall–Kier alpha value is -2.90. The van der Waals surface area contributed by atoms with Crippen LogP contribution >= 0.6 is 0 Å². The molecule has 0 bridgehead atoms. The van der Waals surface area contributed by atoms with E-state index >= 15 is 0 Å². The fourth-order valence-electron chi connectivity index (χ4n) is 2.94. The smallest absolute Gasteiger partial charge is 0.227 e. The molecule has 0 aliphatic carbocycles. The summed E-state index contributed by atoms with van der Waals surface area (Å²) in [6.45, 7) is 11.8. The first kappa shape index (κ1) is 20.8. The molecule has 7 heteroatoms. The predicted octanol–water partition coefficient (Wildman–Crippen LogP) is 2.87. The van der Waals surface area contributed by atoms with E-state index in [2.05, 4.69) is 63.7 Å². The zero-order chi connectivity index (χ0) is 20.8. The van der Waals surface area contributed by atoms with Crippen LogP contribution in [-0.4, -0.2) is 60.5 Å². The monoisotopic (exact) mass is 394 g/mol. The van der Waals surface area contributed by atoms with Gasteiger partial charge in [-0.05, 0) is 38.4 Å². The van der Waals surface area contributed by atoms with E-state index < -0.39 is 0 Å². The SMILES string of the molecule is C=C(/C=C\C(=C)N(C)CCN(C)C)Nc1nccc(-c2cc3c(o2)CCNC3)n1. The first-order valence-electron chi connectivity index (χ1n) is 9.77. The number of hydrogen-bond donors (Lipinski definition) is 2. The van der Waals surface area contributed by atoms with Gasteiger partial charge in [-0.1, -0.05) is 13.2 Å². The number of fused-ring (bicyclic) bond motifs is 1. The van der Waals surface area contributed by atoms with Crippen LogP contribution in [0.1, 0.15) is 11.3 Å². The topological polar surface area (TPSA) is 69.5 Å². The predicted molar refractivity (Wildman–Crippen MR) is 117 cm³/mol. The lowest BCUT2D eigenvalue weighted by Gasteiger charge is -2.21. The lowest BCUT2D eigenvalue weighted by atomic mass is 10.1. The summed E-state index contributed by atoms with van der Waals surface area (Å²) in [6, 6.07) is 3.90. The number of furan rings is 1. The van der Waals surface area contributed by atoms with Gasteiger partial charge in [-0.15, -0.1) is 0 Å².